The normalized spacial score (nSPS) is 17.2. The van der Waals surface area contributed by atoms with Crippen LogP contribution in [0, 0.1) is 0 Å². The Hall–Kier alpha value is -0.610. The second-order valence-corrected chi connectivity index (χ2v) is 5.27. The molecule has 4 nitrogen and oxygen atoms in total. The molecule has 0 spiro atoms. The number of hydrogen-bond donors (Lipinski definition) is 2. The van der Waals surface area contributed by atoms with Crippen LogP contribution in [0.3, 0.4) is 0 Å². The van der Waals surface area contributed by atoms with Crippen molar-refractivity contribution in [2.75, 3.05) is 13.1 Å². The number of nitrogens with one attached hydrogen (secondary N) is 1. The maximum absolute atomic E-state index is 11.6. The van der Waals surface area contributed by atoms with Crippen LogP contribution in [0.4, 0.5) is 0 Å². The molecule has 0 aromatic heterocycles. The molecule has 2 unspecified atom stereocenters. The van der Waals surface area contributed by atoms with E-state index in [0.29, 0.717) is 6.04 Å². The average Bonchev–Trinajstić information content (AvgIpc) is 2.17. The highest BCUT2D eigenvalue weighted by atomic mass is 16.1. The van der Waals surface area contributed by atoms with E-state index in [2.05, 4.69) is 31.0 Å². The maximum atomic E-state index is 11.6. The lowest BCUT2D eigenvalue weighted by Gasteiger charge is -2.36. The fourth-order valence-corrected chi connectivity index (χ4v) is 2.43. The molecule has 2 atom stereocenters. The van der Waals surface area contributed by atoms with Crippen molar-refractivity contribution in [3.05, 3.63) is 0 Å². The van der Waals surface area contributed by atoms with Gasteiger partial charge in [-0.25, -0.2) is 0 Å². The Morgan fingerprint density at radius 3 is 2.06 bits per heavy atom. The molecule has 0 bridgehead atoms. The van der Waals surface area contributed by atoms with E-state index in [0.717, 1.165) is 19.5 Å². The summed E-state index contributed by atoms with van der Waals surface area (Å²) in [6.45, 7) is 14.4. The summed E-state index contributed by atoms with van der Waals surface area (Å²) in [7, 11) is 0. The number of primary amides is 1. The topological polar surface area (TPSA) is 58.4 Å². The van der Waals surface area contributed by atoms with E-state index in [1.807, 2.05) is 20.8 Å². The van der Waals surface area contributed by atoms with E-state index < -0.39 is 5.54 Å². The van der Waals surface area contributed by atoms with Crippen LogP contribution in [0.15, 0.2) is 0 Å². The molecule has 0 aromatic rings. The minimum Gasteiger partial charge on any atom is -0.368 e. The fraction of sp³-hybridized carbons (Fsp3) is 0.923. The molecule has 0 rings (SSSR count). The molecule has 0 fully saturated rings. The van der Waals surface area contributed by atoms with Crippen molar-refractivity contribution >= 4 is 5.91 Å². The van der Waals surface area contributed by atoms with E-state index in [9.17, 15) is 4.79 Å². The Labute approximate surface area is 106 Å². The molecule has 1 amide bonds. The van der Waals surface area contributed by atoms with Gasteiger partial charge in [-0.15, -0.1) is 0 Å². The molecule has 3 N–H and O–H groups in total. The molecule has 4 heteroatoms. The highest BCUT2D eigenvalue weighted by Crippen LogP contribution is 2.17. The van der Waals surface area contributed by atoms with E-state index >= 15 is 0 Å². The van der Waals surface area contributed by atoms with Crippen LogP contribution in [0.2, 0.25) is 0 Å². The first-order valence-electron chi connectivity index (χ1n) is 6.58. The van der Waals surface area contributed by atoms with Crippen molar-refractivity contribution in [2.24, 2.45) is 5.73 Å². The minimum atomic E-state index is -0.629. The van der Waals surface area contributed by atoms with Gasteiger partial charge in [0, 0.05) is 12.1 Å². The standard InChI is InChI=1S/C13H29N3O/c1-7-16(8-2)11(5)9-13(6,12(14)17)15-10(3)4/h10-11,15H,7-9H2,1-6H3,(H2,14,17). The van der Waals surface area contributed by atoms with Crippen molar-refractivity contribution in [3.63, 3.8) is 0 Å². The monoisotopic (exact) mass is 243 g/mol. The van der Waals surface area contributed by atoms with Gasteiger partial charge in [-0.1, -0.05) is 13.8 Å². The molecule has 0 radical (unpaired) electrons. The fourth-order valence-electron chi connectivity index (χ4n) is 2.43. The van der Waals surface area contributed by atoms with E-state index in [-0.39, 0.29) is 11.9 Å². The van der Waals surface area contributed by atoms with Crippen LogP contribution in [0.25, 0.3) is 0 Å². The molecule has 17 heavy (non-hydrogen) atoms. The van der Waals surface area contributed by atoms with Crippen LogP contribution in [-0.4, -0.2) is 41.5 Å². The van der Waals surface area contributed by atoms with Gasteiger partial charge in [0.15, 0.2) is 0 Å². The second-order valence-electron chi connectivity index (χ2n) is 5.27. The number of rotatable bonds is 8. The SMILES string of the molecule is CCN(CC)C(C)CC(C)(NC(C)C)C(N)=O. The molecule has 0 heterocycles. The number of amides is 1. The highest BCUT2D eigenvalue weighted by molar-refractivity contribution is 5.84. The predicted molar refractivity (Wildman–Crippen MR) is 72.9 cm³/mol. The first-order valence-corrected chi connectivity index (χ1v) is 6.58. The number of hydrogen-bond acceptors (Lipinski definition) is 3. The third-order valence-corrected chi connectivity index (χ3v) is 3.29. The number of nitrogens with two attached hydrogens (primary N) is 1. The van der Waals surface area contributed by atoms with Crippen LogP contribution in [0.5, 0.6) is 0 Å². The molecular formula is C13H29N3O. The smallest absolute Gasteiger partial charge is 0.237 e. The largest absolute Gasteiger partial charge is 0.368 e. The van der Waals surface area contributed by atoms with Gasteiger partial charge in [0.25, 0.3) is 0 Å². The molecule has 0 aliphatic heterocycles. The van der Waals surface area contributed by atoms with Gasteiger partial charge >= 0.3 is 0 Å². The number of nitrogens with zero attached hydrogens (tertiary/aromatic N) is 1. The Balaban J connectivity index is 4.69. The summed E-state index contributed by atoms with van der Waals surface area (Å²) in [5.74, 6) is -0.273. The van der Waals surface area contributed by atoms with E-state index in [1.165, 1.54) is 0 Å². The average molecular weight is 243 g/mol. The highest BCUT2D eigenvalue weighted by Gasteiger charge is 2.34. The van der Waals surface area contributed by atoms with Crippen molar-refractivity contribution in [2.45, 2.75) is 65.6 Å². The molecular weight excluding hydrogens is 214 g/mol. The molecule has 0 aliphatic rings. The minimum absolute atomic E-state index is 0.247. The van der Waals surface area contributed by atoms with Gasteiger partial charge in [0.1, 0.15) is 0 Å². The van der Waals surface area contributed by atoms with Gasteiger partial charge in [-0.2, -0.15) is 0 Å². The van der Waals surface area contributed by atoms with E-state index in [4.69, 9.17) is 5.73 Å². The molecule has 0 aromatic carbocycles. The molecule has 102 valence electrons. The van der Waals surface area contributed by atoms with Crippen LogP contribution < -0.4 is 11.1 Å². The first kappa shape index (κ1) is 16.4. The Kier molecular flexibility index (Phi) is 6.72. The van der Waals surface area contributed by atoms with Crippen molar-refractivity contribution in [3.8, 4) is 0 Å². The summed E-state index contributed by atoms with van der Waals surface area (Å²) in [6.07, 6.45) is 0.738. The third-order valence-electron chi connectivity index (χ3n) is 3.29. The van der Waals surface area contributed by atoms with Crippen molar-refractivity contribution in [1.82, 2.24) is 10.2 Å². The third kappa shape index (κ3) is 5.04. The van der Waals surface area contributed by atoms with Gasteiger partial charge in [0.2, 0.25) is 5.91 Å². The summed E-state index contributed by atoms with van der Waals surface area (Å²) >= 11 is 0. The molecule has 0 saturated carbocycles. The predicted octanol–water partition coefficient (Wildman–Crippen LogP) is 1.35. The van der Waals surface area contributed by atoms with Crippen molar-refractivity contribution < 1.29 is 4.79 Å². The van der Waals surface area contributed by atoms with Gasteiger partial charge in [0.05, 0.1) is 5.54 Å². The summed E-state index contributed by atoms with van der Waals surface area (Å²) in [4.78, 5) is 14.0. The summed E-state index contributed by atoms with van der Waals surface area (Å²) in [5, 5.41) is 3.29. The van der Waals surface area contributed by atoms with Crippen LogP contribution in [0.1, 0.15) is 48.0 Å². The van der Waals surface area contributed by atoms with Gasteiger partial charge in [-0.05, 0) is 47.2 Å². The lowest BCUT2D eigenvalue weighted by atomic mass is 9.91. The summed E-state index contributed by atoms with van der Waals surface area (Å²) < 4.78 is 0. The zero-order chi connectivity index (χ0) is 13.6. The van der Waals surface area contributed by atoms with Gasteiger partial charge < -0.3 is 16.0 Å². The first-order chi connectivity index (χ1) is 7.76. The lowest BCUT2D eigenvalue weighted by molar-refractivity contribution is -0.124. The maximum Gasteiger partial charge on any atom is 0.237 e. The Bertz CT molecular complexity index is 239. The quantitative estimate of drug-likeness (QED) is 0.676. The zero-order valence-corrected chi connectivity index (χ0v) is 12.2. The second kappa shape index (κ2) is 6.97. The number of carbonyl (C=O) groups excluding carboxylic acids is 1. The van der Waals surface area contributed by atoms with Crippen LogP contribution in [-0.2, 0) is 4.79 Å². The van der Waals surface area contributed by atoms with Crippen LogP contribution >= 0.6 is 0 Å². The lowest BCUT2D eigenvalue weighted by Crippen LogP contribution is -2.58. The number of carbonyl (C=O) groups is 1. The Morgan fingerprint density at radius 2 is 1.76 bits per heavy atom. The zero-order valence-electron chi connectivity index (χ0n) is 12.2. The summed E-state index contributed by atoms with van der Waals surface area (Å²) in [5.41, 5.74) is 4.90. The Morgan fingerprint density at radius 1 is 1.29 bits per heavy atom. The van der Waals surface area contributed by atoms with E-state index in [1.54, 1.807) is 0 Å². The summed E-state index contributed by atoms with van der Waals surface area (Å²) in [6, 6.07) is 0.588. The van der Waals surface area contributed by atoms with Crippen molar-refractivity contribution in [1.29, 1.82) is 0 Å². The van der Waals surface area contributed by atoms with Gasteiger partial charge in [-0.3, -0.25) is 4.79 Å². The molecule has 0 aliphatic carbocycles. The molecule has 0 saturated heterocycles.